The van der Waals surface area contributed by atoms with Crippen LogP contribution in [-0.2, 0) is 34.2 Å². The van der Waals surface area contributed by atoms with E-state index in [-0.39, 0.29) is 17.3 Å². The van der Waals surface area contributed by atoms with Crippen molar-refractivity contribution in [1.29, 1.82) is 0 Å². The highest BCUT2D eigenvalue weighted by atomic mass is 32.2. The Kier molecular flexibility index (Phi) is 7.52. The number of sulfonamides is 1. The Labute approximate surface area is 199 Å². The zero-order valence-electron chi connectivity index (χ0n) is 18.5. The van der Waals surface area contributed by atoms with Gasteiger partial charge >= 0.3 is 0 Å². The average molecular weight is 485 g/mol. The van der Waals surface area contributed by atoms with Crippen LogP contribution in [0, 0.1) is 0 Å². The summed E-state index contributed by atoms with van der Waals surface area (Å²) < 4.78 is 30.1. The molecule has 1 aromatic heterocycles. The Hall–Kier alpha value is -2.62. The van der Waals surface area contributed by atoms with Crippen LogP contribution in [0.15, 0.2) is 65.6 Å². The van der Waals surface area contributed by atoms with Crippen molar-refractivity contribution in [3.05, 3.63) is 77.6 Å². The summed E-state index contributed by atoms with van der Waals surface area (Å²) in [4.78, 5) is 13.2. The molecule has 0 saturated heterocycles. The SMILES string of the molecule is CSCCC(NS(=O)(=O)c1ccccc1)C(=O)NCc1nn(-c2ccccc2)c2c1CCC2. The minimum Gasteiger partial charge on any atom is -0.349 e. The third kappa shape index (κ3) is 5.48. The second-order valence-electron chi connectivity index (χ2n) is 7.96. The number of nitrogens with zero attached hydrogens (tertiary/aromatic N) is 2. The fraction of sp³-hybridized carbons (Fsp3) is 0.333. The number of amides is 1. The van der Waals surface area contributed by atoms with E-state index in [4.69, 9.17) is 5.10 Å². The number of hydrogen-bond donors (Lipinski definition) is 2. The highest BCUT2D eigenvalue weighted by Gasteiger charge is 2.27. The van der Waals surface area contributed by atoms with Gasteiger partial charge in [0.2, 0.25) is 15.9 Å². The number of para-hydroxylation sites is 1. The zero-order valence-corrected chi connectivity index (χ0v) is 20.2. The molecule has 0 fully saturated rings. The van der Waals surface area contributed by atoms with Crippen LogP contribution in [0.25, 0.3) is 5.69 Å². The number of benzene rings is 2. The summed E-state index contributed by atoms with van der Waals surface area (Å²) in [7, 11) is -3.80. The van der Waals surface area contributed by atoms with E-state index in [9.17, 15) is 13.2 Å². The first-order valence-corrected chi connectivity index (χ1v) is 13.9. The van der Waals surface area contributed by atoms with Crippen molar-refractivity contribution >= 4 is 27.7 Å². The monoisotopic (exact) mass is 484 g/mol. The van der Waals surface area contributed by atoms with Gasteiger partial charge in [-0.25, -0.2) is 13.1 Å². The predicted octanol–water partition coefficient (Wildman–Crippen LogP) is 3.08. The Morgan fingerprint density at radius 1 is 1.09 bits per heavy atom. The molecule has 1 amide bonds. The summed E-state index contributed by atoms with van der Waals surface area (Å²) in [5.41, 5.74) is 4.22. The molecule has 7 nitrogen and oxygen atoms in total. The van der Waals surface area contributed by atoms with Crippen LogP contribution in [-0.4, -0.2) is 42.2 Å². The number of thioether (sulfide) groups is 1. The van der Waals surface area contributed by atoms with Gasteiger partial charge in [0, 0.05) is 5.69 Å². The second-order valence-corrected chi connectivity index (χ2v) is 10.7. The third-order valence-corrected chi connectivity index (χ3v) is 7.85. The molecule has 3 aromatic rings. The number of hydrogen-bond acceptors (Lipinski definition) is 5. The largest absolute Gasteiger partial charge is 0.349 e. The number of rotatable bonds is 10. The highest BCUT2D eigenvalue weighted by molar-refractivity contribution is 7.98. The lowest BCUT2D eigenvalue weighted by molar-refractivity contribution is -0.122. The van der Waals surface area contributed by atoms with E-state index in [1.165, 1.54) is 23.4 Å². The number of carbonyl (C=O) groups is 1. The van der Waals surface area contributed by atoms with Crippen molar-refractivity contribution in [1.82, 2.24) is 19.8 Å². The van der Waals surface area contributed by atoms with Gasteiger partial charge in [-0.1, -0.05) is 36.4 Å². The molecule has 2 N–H and O–H groups in total. The van der Waals surface area contributed by atoms with E-state index in [0.717, 1.165) is 30.6 Å². The maximum absolute atomic E-state index is 13.0. The number of aromatic nitrogens is 2. The molecule has 1 atom stereocenters. The van der Waals surface area contributed by atoms with Gasteiger partial charge in [-0.2, -0.15) is 21.6 Å². The summed E-state index contributed by atoms with van der Waals surface area (Å²) in [6.07, 6.45) is 5.28. The molecule has 33 heavy (non-hydrogen) atoms. The minimum absolute atomic E-state index is 0.145. The summed E-state index contributed by atoms with van der Waals surface area (Å²) >= 11 is 1.57. The van der Waals surface area contributed by atoms with E-state index in [1.54, 1.807) is 30.0 Å². The number of nitrogens with one attached hydrogen (secondary N) is 2. The normalized spacial score (nSPS) is 14.1. The molecule has 0 saturated carbocycles. The molecular formula is C24H28N4O3S2. The van der Waals surface area contributed by atoms with Crippen molar-refractivity contribution in [2.24, 2.45) is 0 Å². The lowest BCUT2D eigenvalue weighted by Gasteiger charge is -2.18. The van der Waals surface area contributed by atoms with Crippen LogP contribution in [0.5, 0.6) is 0 Å². The van der Waals surface area contributed by atoms with Gasteiger partial charge in [0.1, 0.15) is 6.04 Å². The van der Waals surface area contributed by atoms with Gasteiger partial charge in [0.15, 0.2) is 0 Å². The van der Waals surface area contributed by atoms with Crippen LogP contribution in [0.1, 0.15) is 29.8 Å². The van der Waals surface area contributed by atoms with E-state index in [0.29, 0.717) is 12.2 Å². The van der Waals surface area contributed by atoms with Crippen molar-refractivity contribution in [3.63, 3.8) is 0 Å². The summed E-state index contributed by atoms with van der Waals surface area (Å²) in [6.45, 7) is 0.268. The van der Waals surface area contributed by atoms with E-state index >= 15 is 0 Å². The van der Waals surface area contributed by atoms with Gasteiger partial charge in [-0.05, 0) is 67.5 Å². The van der Waals surface area contributed by atoms with Crippen LogP contribution in [0.2, 0.25) is 0 Å². The molecule has 1 aliphatic carbocycles. The first kappa shape index (κ1) is 23.5. The predicted molar refractivity (Wildman–Crippen MR) is 131 cm³/mol. The molecule has 0 spiro atoms. The topological polar surface area (TPSA) is 93.1 Å². The highest BCUT2D eigenvalue weighted by Crippen LogP contribution is 2.27. The second kappa shape index (κ2) is 10.5. The third-order valence-electron chi connectivity index (χ3n) is 5.72. The van der Waals surface area contributed by atoms with Gasteiger partial charge < -0.3 is 5.32 Å². The van der Waals surface area contributed by atoms with Gasteiger partial charge in [-0.3, -0.25) is 4.79 Å². The number of fused-ring (bicyclic) bond motifs is 1. The summed E-state index contributed by atoms with van der Waals surface area (Å²) in [5.74, 6) is 0.317. The van der Waals surface area contributed by atoms with Gasteiger partial charge in [0.25, 0.3) is 0 Å². The first-order chi connectivity index (χ1) is 16.0. The van der Waals surface area contributed by atoms with Crippen molar-refractivity contribution in [3.8, 4) is 5.69 Å². The zero-order chi connectivity index (χ0) is 23.3. The molecule has 1 aliphatic rings. The molecule has 174 valence electrons. The van der Waals surface area contributed by atoms with E-state index in [2.05, 4.69) is 10.0 Å². The van der Waals surface area contributed by atoms with Gasteiger partial charge in [-0.15, -0.1) is 0 Å². The molecule has 2 aromatic carbocycles. The number of carbonyl (C=O) groups excluding carboxylic acids is 1. The summed E-state index contributed by atoms with van der Waals surface area (Å²) in [5, 5.41) is 7.70. The Morgan fingerprint density at radius 2 is 1.79 bits per heavy atom. The Morgan fingerprint density at radius 3 is 2.48 bits per heavy atom. The fourth-order valence-corrected chi connectivity index (χ4v) is 5.79. The molecule has 4 rings (SSSR count). The van der Waals surface area contributed by atoms with Crippen molar-refractivity contribution < 1.29 is 13.2 Å². The van der Waals surface area contributed by atoms with Crippen LogP contribution < -0.4 is 10.0 Å². The molecule has 1 unspecified atom stereocenters. The molecule has 0 bridgehead atoms. The van der Waals surface area contributed by atoms with Crippen LogP contribution in [0.4, 0.5) is 0 Å². The Bertz CT molecular complexity index is 1200. The Balaban J connectivity index is 1.49. The van der Waals surface area contributed by atoms with Crippen molar-refractivity contribution in [2.75, 3.05) is 12.0 Å². The quantitative estimate of drug-likeness (QED) is 0.461. The summed E-state index contributed by atoms with van der Waals surface area (Å²) in [6, 6.07) is 17.2. The molecule has 9 heteroatoms. The molecule has 0 aliphatic heterocycles. The molecular weight excluding hydrogens is 456 g/mol. The standard InChI is InChI=1S/C24H28N4O3S2/c1-32-16-15-21(27-33(30,31)19-11-6-3-7-12-19)24(29)25-17-22-20-13-8-14-23(20)28(26-22)18-9-4-2-5-10-18/h2-7,9-12,21,27H,8,13-17H2,1H3,(H,25,29). The van der Waals surface area contributed by atoms with Crippen LogP contribution >= 0.6 is 11.8 Å². The smallest absolute Gasteiger partial charge is 0.241 e. The maximum Gasteiger partial charge on any atom is 0.241 e. The van der Waals surface area contributed by atoms with Crippen molar-refractivity contribution in [2.45, 2.75) is 43.2 Å². The van der Waals surface area contributed by atoms with Crippen LogP contribution in [0.3, 0.4) is 0 Å². The molecule has 0 radical (unpaired) electrons. The van der Waals surface area contributed by atoms with E-state index < -0.39 is 16.1 Å². The average Bonchev–Trinajstić information content (AvgIpc) is 3.44. The molecule has 1 heterocycles. The fourth-order valence-electron chi connectivity index (χ4n) is 4.07. The lowest BCUT2D eigenvalue weighted by Crippen LogP contribution is -2.46. The minimum atomic E-state index is -3.80. The van der Waals surface area contributed by atoms with Gasteiger partial charge in [0.05, 0.1) is 22.8 Å². The first-order valence-electron chi connectivity index (χ1n) is 11.0. The lowest BCUT2D eigenvalue weighted by atomic mass is 10.2. The maximum atomic E-state index is 13.0. The van der Waals surface area contributed by atoms with E-state index in [1.807, 2.05) is 41.3 Å².